The van der Waals surface area contributed by atoms with Crippen molar-refractivity contribution in [3.05, 3.63) is 74.6 Å². The first-order chi connectivity index (χ1) is 10.5. The van der Waals surface area contributed by atoms with Gasteiger partial charge in [0.15, 0.2) is 0 Å². The largest absolute Gasteiger partial charge is 0.462 e. The van der Waals surface area contributed by atoms with Gasteiger partial charge in [0.2, 0.25) is 5.43 Å². The summed E-state index contributed by atoms with van der Waals surface area (Å²) >= 11 is 11.5. The Hall–Kier alpha value is -2.30. The molecule has 4 nitrogen and oxygen atoms in total. The summed E-state index contributed by atoms with van der Waals surface area (Å²) < 4.78 is 10.5. The summed E-state index contributed by atoms with van der Waals surface area (Å²) in [7, 11) is 0. The normalized spacial score (nSPS) is 10.6. The average Bonchev–Trinajstić information content (AvgIpc) is 2.51. The molecule has 0 radical (unpaired) electrons. The molecule has 0 saturated heterocycles. The van der Waals surface area contributed by atoms with E-state index >= 15 is 0 Å². The number of fused-ring (bicyclic) bond motifs is 1. The quantitative estimate of drug-likeness (QED) is 0.517. The van der Waals surface area contributed by atoms with Crippen LogP contribution in [0.3, 0.4) is 0 Å². The molecule has 0 atom stereocenters. The molecular weight excluding hydrogens is 327 g/mol. The number of halogens is 2. The molecule has 0 aliphatic carbocycles. The predicted molar refractivity (Wildman–Crippen MR) is 83.9 cm³/mol. The van der Waals surface area contributed by atoms with Crippen molar-refractivity contribution in [2.45, 2.75) is 0 Å². The average molecular weight is 335 g/mol. The molecule has 0 amide bonds. The van der Waals surface area contributed by atoms with Crippen LogP contribution >= 0.6 is 23.2 Å². The molecule has 3 aromatic rings. The van der Waals surface area contributed by atoms with E-state index in [0.29, 0.717) is 16.0 Å². The fraction of sp³-hybridized carbons (Fsp3) is 0. The molecule has 1 heterocycles. The Balaban J connectivity index is 1.91. The van der Waals surface area contributed by atoms with Gasteiger partial charge < -0.3 is 9.15 Å². The molecule has 0 fully saturated rings. The second-order valence-corrected chi connectivity index (χ2v) is 5.31. The second-order valence-electron chi connectivity index (χ2n) is 4.47. The Kier molecular flexibility index (Phi) is 3.88. The number of rotatable bonds is 2. The number of esters is 1. The third kappa shape index (κ3) is 2.84. The van der Waals surface area contributed by atoms with E-state index in [2.05, 4.69) is 0 Å². The van der Waals surface area contributed by atoms with Gasteiger partial charge in [-0.3, -0.25) is 4.79 Å². The lowest BCUT2D eigenvalue weighted by Gasteiger charge is -2.05. The Morgan fingerprint density at radius 1 is 1.05 bits per heavy atom. The van der Waals surface area contributed by atoms with Gasteiger partial charge in [-0.1, -0.05) is 23.2 Å². The summed E-state index contributed by atoms with van der Waals surface area (Å²) in [6.07, 6.45) is 1.15. The van der Waals surface area contributed by atoms with E-state index in [1.165, 1.54) is 18.2 Å². The van der Waals surface area contributed by atoms with Crippen molar-refractivity contribution in [3.8, 4) is 5.75 Å². The summed E-state index contributed by atoms with van der Waals surface area (Å²) in [5, 5.41) is 0.845. The van der Waals surface area contributed by atoms with Crippen LogP contribution in [0, 0.1) is 0 Å². The monoisotopic (exact) mass is 334 g/mol. The number of ether oxygens (including phenoxy) is 1. The summed E-state index contributed by atoms with van der Waals surface area (Å²) in [5.74, 6) is -0.273. The van der Waals surface area contributed by atoms with Crippen molar-refractivity contribution in [3.63, 3.8) is 0 Å². The van der Waals surface area contributed by atoms with Gasteiger partial charge in [-0.15, -0.1) is 0 Å². The molecule has 3 rings (SSSR count). The lowest BCUT2D eigenvalue weighted by Crippen LogP contribution is -2.08. The van der Waals surface area contributed by atoms with Crippen molar-refractivity contribution in [1.82, 2.24) is 0 Å². The van der Waals surface area contributed by atoms with E-state index in [9.17, 15) is 9.59 Å². The van der Waals surface area contributed by atoms with Gasteiger partial charge in [0.05, 0.1) is 10.9 Å². The van der Waals surface area contributed by atoms with Gasteiger partial charge in [-0.2, -0.15) is 0 Å². The Morgan fingerprint density at radius 3 is 2.50 bits per heavy atom. The Morgan fingerprint density at radius 2 is 1.77 bits per heavy atom. The molecule has 1 aromatic heterocycles. The number of hydrogen-bond acceptors (Lipinski definition) is 4. The first-order valence-corrected chi connectivity index (χ1v) is 6.99. The lowest BCUT2D eigenvalue weighted by molar-refractivity contribution is 0.0735. The van der Waals surface area contributed by atoms with E-state index in [1.807, 2.05) is 0 Å². The lowest BCUT2D eigenvalue weighted by atomic mass is 10.2. The van der Waals surface area contributed by atoms with Crippen molar-refractivity contribution in [2.24, 2.45) is 0 Å². The summed E-state index contributed by atoms with van der Waals surface area (Å²) in [4.78, 5) is 23.8. The van der Waals surface area contributed by atoms with Crippen LogP contribution in [0.2, 0.25) is 10.0 Å². The highest BCUT2D eigenvalue weighted by atomic mass is 35.5. The first kappa shape index (κ1) is 14.6. The molecule has 0 aliphatic rings. The van der Waals surface area contributed by atoms with E-state index in [4.69, 9.17) is 32.4 Å². The minimum atomic E-state index is -0.535. The smallest absolute Gasteiger partial charge is 0.343 e. The van der Waals surface area contributed by atoms with Crippen LogP contribution < -0.4 is 10.2 Å². The minimum Gasteiger partial charge on any atom is -0.462 e. The maximum absolute atomic E-state index is 12.0. The predicted octanol–water partition coefficient (Wildman–Crippen LogP) is 4.32. The van der Waals surface area contributed by atoms with Crippen molar-refractivity contribution in [1.29, 1.82) is 0 Å². The SMILES string of the molecule is O=C(Oc1ccc2c(=O)c(Cl)coc2c1)c1ccc(Cl)cc1. The number of hydrogen-bond donors (Lipinski definition) is 0. The molecular formula is C16H8Cl2O4. The summed E-state index contributed by atoms with van der Waals surface area (Å²) in [6, 6.07) is 10.8. The van der Waals surface area contributed by atoms with Crippen LogP contribution in [0.15, 0.2) is 57.9 Å². The molecule has 0 saturated carbocycles. The maximum atomic E-state index is 12.0. The number of carbonyl (C=O) groups is 1. The topological polar surface area (TPSA) is 56.5 Å². The molecule has 0 bridgehead atoms. The van der Waals surface area contributed by atoms with Crippen LogP contribution in [0.5, 0.6) is 5.75 Å². The molecule has 2 aromatic carbocycles. The van der Waals surface area contributed by atoms with Gasteiger partial charge in [0.25, 0.3) is 0 Å². The number of benzene rings is 2. The van der Waals surface area contributed by atoms with Crippen LogP contribution in [0.1, 0.15) is 10.4 Å². The van der Waals surface area contributed by atoms with Gasteiger partial charge in [-0.25, -0.2) is 4.79 Å². The standard InChI is InChI=1S/C16H8Cl2O4/c17-10-3-1-9(2-4-10)16(20)22-11-5-6-12-14(7-11)21-8-13(18)15(12)19/h1-8H. The molecule has 0 unspecified atom stereocenters. The van der Waals surface area contributed by atoms with Crippen molar-refractivity contribution < 1.29 is 13.9 Å². The fourth-order valence-corrected chi connectivity index (χ4v) is 2.17. The summed E-state index contributed by atoms with van der Waals surface area (Å²) in [6.45, 7) is 0. The molecule has 110 valence electrons. The maximum Gasteiger partial charge on any atom is 0.343 e. The zero-order valence-electron chi connectivity index (χ0n) is 11.0. The third-order valence-corrected chi connectivity index (χ3v) is 3.51. The van der Waals surface area contributed by atoms with Crippen molar-refractivity contribution >= 4 is 40.1 Å². The zero-order valence-corrected chi connectivity index (χ0v) is 12.5. The third-order valence-electron chi connectivity index (χ3n) is 2.99. The Labute approximate surface area is 134 Å². The van der Waals surface area contributed by atoms with Gasteiger partial charge in [0, 0.05) is 11.1 Å². The van der Waals surface area contributed by atoms with E-state index in [0.717, 1.165) is 6.26 Å². The summed E-state index contributed by atoms with van der Waals surface area (Å²) in [5.41, 5.74) is 0.316. The van der Waals surface area contributed by atoms with Crippen LogP contribution in [-0.4, -0.2) is 5.97 Å². The highest BCUT2D eigenvalue weighted by Crippen LogP contribution is 2.21. The van der Waals surface area contributed by atoms with Crippen LogP contribution in [0.25, 0.3) is 11.0 Å². The number of carbonyl (C=O) groups excluding carboxylic acids is 1. The van der Waals surface area contributed by atoms with Gasteiger partial charge in [0.1, 0.15) is 22.6 Å². The molecule has 0 aliphatic heterocycles. The second kappa shape index (κ2) is 5.83. The molecule has 6 heteroatoms. The van der Waals surface area contributed by atoms with E-state index in [-0.39, 0.29) is 21.8 Å². The zero-order chi connectivity index (χ0) is 15.7. The Bertz CT molecular complexity index is 914. The highest BCUT2D eigenvalue weighted by molar-refractivity contribution is 6.31. The van der Waals surface area contributed by atoms with Gasteiger partial charge in [-0.05, 0) is 36.4 Å². The minimum absolute atomic E-state index is 0.00147. The van der Waals surface area contributed by atoms with E-state index < -0.39 is 5.97 Å². The fourth-order valence-electron chi connectivity index (χ4n) is 1.90. The van der Waals surface area contributed by atoms with E-state index in [1.54, 1.807) is 24.3 Å². The van der Waals surface area contributed by atoms with Crippen LogP contribution in [0.4, 0.5) is 0 Å². The highest BCUT2D eigenvalue weighted by Gasteiger charge is 2.11. The molecule has 0 spiro atoms. The molecule has 22 heavy (non-hydrogen) atoms. The van der Waals surface area contributed by atoms with Gasteiger partial charge >= 0.3 is 5.97 Å². The first-order valence-electron chi connectivity index (χ1n) is 6.23. The molecule has 0 N–H and O–H groups in total. The van der Waals surface area contributed by atoms with Crippen molar-refractivity contribution in [2.75, 3.05) is 0 Å². The van der Waals surface area contributed by atoms with Crippen LogP contribution in [-0.2, 0) is 0 Å².